The first-order valence-corrected chi connectivity index (χ1v) is 3.60. The van der Waals surface area contributed by atoms with Gasteiger partial charge < -0.3 is 15.2 Å². The molecule has 0 unspecified atom stereocenters. The van der Waals surface area contributed by atoms with Gasteiger partial charge in [-0.15, -0.1) is 0 Å². The molecule has 13 heavy (non-hydrogen) atoms. The molecule has 0 aliphatic rings. The van der Waals surface area contributed by atoms with E-state index >= 15 is 0 Å². The molecule has 0 amide bonds. The highest BCUT2D eigenvalue weighted by molar-refractivity contribution is 5.29. The van der Waals surface area contributed by atoms with Gasteiger partial charge in [0.15, 0.2) is 0 Å². The first-order chi connectivity index (χ1) is 6.19. The highest BCUT2D eigenvalue weighted by atomic mass is 16.5. The number of aromatic nitrogens is 2. The predicted molar refractivity (Wildman–Crippen MR) is 46.5 cm³/mol. The van der Waals surface area contributed by atoms with Crippen molar-refractivity contribution in [2.75, 3.05) is 20.0 Å². The van der Waals surface area contributed by atoms with Gasteiger partial charge in [0, 0.05) is 7.11 Å². The van der Waals surface area contributed by atoms with Gasteiger partial charge in [-0.25, -0.2) is 4.98 Å². The highest BCUT2D eigenvalue weighted by Gasteiger charge is 2.09. The van der Waals surface area contributed by atoms with Gasteiger partial charge in [-0.2, -0.15) is 0 Å². The van der Waals surface area contributed by atoms with Gasteiger partial charge in [0.25, 0.3) is 5.56 Å². The quantitative estimate of drug-likeness (QED) is 0.663. The average molecular weight is 185 g/mol. The van der Waals surface area contributed by atoms with Crippen LogP contribution in [0, 0.1) is 0 Å². The highest BCUT2D eigenvalue weighted by Crippen LogP contribution is 2.10. The number of rotatable bonds is 3. The van der Waals surface area contributed by atoms with Crippen LogP contribution in [0.4, 0.5) is 5.95 Å². The lowest BCUT2D eigenvalue weighted by Gasteiger charge is -2.05. The monoisotopic (exact) mass is 185 g/mol. The maximum Gasteiger partial charge on any atom is 0.295 e. The van der Waals surface area contributed by atoms with Gasteiger partial charge in [-0.3, -0.25) is 9.78 Å². The van der Waals surface area contributed by atoms with Crippen LogP contribution in [0.5, 0.6) is 5.75 Å². The first kappa shape index (κ1) is 9.53. The van der Waals surface area contributed by atoms with Crippen molar-refractivity contribution in [2.24, 2.45) is 0 Å². The molecule has 0 aromatic carbocycles. The molecule has 0 radical (unpaired) electrons. The molecular weight excluding hydrogens is 174 g/mol. The summed E-state index contributed by atoms with van der Waals surface area (Å²) >= 11 is 0. The Morgan fingerprint density at radius 3 is 2.77 bits per heavy atom. The summed E-state index contributed by atoms with van der Waals surface area (Å²) in [6.07, 6.45) is 0. The predicted octanol–water partition coefficient (Wildman–Crippen LogP) is -0.493. The zero-order valence-electron chi connectivity index (χ0n) is 7.46. The van der Waals surface area contributed by atoms with E-state index in [1.807, 2.05) is 0 Å². The molecule has 0 aliphatic carbocycles. The molecule has 0 saturated heterocycles. The third kappa shape index (κ3) is 1.97. The molecular formula is C7H11N3O3. The second kappa shape index (κ2) is 3.90. The van der Waals surface area contributed by atoms with E-state index in [0.29, 0.717) is 5.69 Å². The molecule has 0 saturated carbocycles. The molecule has 0 bridgehead atoms. The van der Waals surface area contributed by atoms with Crippen molar-refractivity contribution in [1.29, 1.82) is 0 Å². The van der Waals surface area contributed by atoms with Crippen LogP contribution in [0.25, 0.3) is 0 Å². The van der Waals surface area contributed by atoms with E-state index in [-0.39, 0.29) is 18.3 Å². The van der Waals surface area contributed by atoms with E-state index in [2.05, 4.69) is 9.97 Å². The molecule has 0 atom stereocenters. The Bertz CT molecular complexity index is 347. The average Bonchev–Trinajstić information content (AvgIpc) is 2.04. The van der Waals surface area contributed by atoms with Crippen LogP contribution in [-0.4, -0.2) is 24.2 Å². The molecule has 1 rings (SSSR count). The smallest absolute Gasteiger partial charge is 0.295 e. The minimum Gasteiger partial charge on any atom is -0.490 e. The van der Waals surface area contributed by atoms with Crippen LogP contribution in [0.2, 0.25) is 0 Å². The summed E-state index contributed by atoms with van der Waals surface area (Å²) in [4.78, 5) is 17.4. The number of methoxy groups -OCH3 is 2. The summed E-state index contributed by atoms with van der Waals surface area (Å²) < 4.78 is 9.67. The molecule has 6 heteroatoms. The van der Waals surface area contributed by atoms with Gasteiger partial charge in [0.1, 0.15) is 5.69 Å². The lowest BCUT2D eigenvalue weighted by atomic mass is 10.4. The van der Waals surface area contributed by atoms with Crippen molar-refractivity contribution < 1.29 is 9.47 Å². The number of anilines is 1. The minimum absolute atomic E-state index is 0.0536. The molecule has 6 nitrogen and oxygen atoms in total. The van der Waals surface area contributed by atoms with Gasteiger partial charge >= 0.3 is 0 Å². The fraction of sp³-hybridized carbons (Fsp3) is 0.429. The normalized spacial score (nSPS) is 10.0. The van der Waals surface area contributed by atoms with E-state index in [1.54, 1.807) is 0 Å². The van der Waals surface area contributed by atoms with E-state index < -0.39 is 5.56 Å². The number of nitrogens with two attached hydrogens (primary N) is 1. The summed E-state index contributed by atoms with van der Waals surface area (Å²) in [6, 6.07) is 0. The fourth-order valence-electron chi connectivity index (χ4n) is 0.973. The van der Waals surface area contributed by atoms with Crippen molar-refractivity contribution in [3.63, 3.8) is 0 Å². The summed E-state index contributed by atoms with van der Waals surface area (Å²) in [5.74, 6) is 0.189. The van der Waals surface area contributed by atoms with Crippen LogP contribution in [0.15, 0.2) is 4.79 Å². The summed E-state index contributed by atoms with van der Waals surface area (Å²) in [6.45, 7) is 0.192. The van der Waals surface area contributed by atoms with Crippen molar-refractivity contribution in [3.8, 4) is 5.75 Å². The Kier molecular flexibility index (Phi) is 2.86. The van der Waals surface area contributed by atoms with Crippen molar-refractivity contribution >= 4 is 5.95 Å². The Morgan fingerprint density at radius 2 is 2.23 bits per heavy atom. The van der Waals surface area contributed by atoms with Crippen LogP contribution in [-0.2, 0) is 11.3 Å². The zero-order valence-corrected chi connectivity index (χ0v) is 7.46. The maximum absolute atomic E-state index is 11.2. The number of nitrogens with zero attached hydrogens (tertiary/aromatic N) is 1. The molecule has 0 aliphatic heterocycles. The number of aromatic amines is 1. The minimum atomic E-state index is -0.401. The number of hydrogen-bond donors (Lipinski definition) is 2. The number of nitrogens with one attached hydrogen (secondary N) is 1. The molecule has 72 valence electrons. The van der Waals surface area contributed by atoms with Crippen molar-refractivity contribution in [1.82, 2.24) is 9.97 Å². The van der Waals surface area contributed by atoms with E-state index in [4.69, 9.17) is 15.2 Å². The topological polar surface area (TPSA) is 90.2 Å². The molecule has 0 spiro atoms. The summed E-state index contributed by atoms with van der Waals surface area (Å²) in [5, 5.41) is 0. The number of nitrogen functional groups attached to an aromatic ring is 1. The van der Waals surface area contributed by atoms with E-state index in [1.165, 1.54) is 14.2 Å². The zero-order chi connectivity index (χ0) is 9.84. The number of hydrogen-bond acceptors (Lipinski definition) is 5. The maximum atomic E-state index is 11.2. The third-order valence-corrected chi connectivity index (χ3v) is 1.45. The Morgan fingerprint density at radius 1 is 1.54 bits per heavy atom. The van der Waals surface area contributed by atoms with Crippen LogP contribution in [0.3, 0.4) is 0 Å². The standard InChI is InChI=1S/C7H11N3O3/c1-12-3-4-5(13-2)6(11)10-7(8)9-4/h3H2,1-2H3,(H3,8,9,10,11). The Labute approximate surface area is 74.7 Å². The third-order valence-electron chi connectivity index (χ3n) is 1.45. The van der Waals surface area contributed by atoms with Gasteiger partial charge in [0.2, 0.25) is 11.7 Å². The van der Waals surface area contributed by atoms with Crippen LogP contribution >= 0.6 is 0 Å². The largest absolute Gasteiger partial charge is 0.490 e. The lowest BCUT2D eigenvalue weighted by molar-refractivity contribution is 0.177. The van der Waals surface area contributed by atoms with Crippen LogP contribution in [0.1, 0.15) is 5.69 Å². The van der Waals surface area contributed by atoms with Gasteiger partial charge in [-0.1, -0.05) is 0 Å². The second-order valence-corrected chi connectivity index (χ2v) is 2.36. The molecule has 3 N–H and O–H groups in total. The van der Waals surface area contributed by atoms with Crippen molar-refractivity contribution in [2.45, 2.75) is 6.61 Å². The summed E-state index contributed by atoms with van der Waals surface area (Å²) in [7, 11) is 2.89. The van der Waals surface area contributed by atoms with Crippen molar-refractivity contribution in [3.05, 3.63) is 16.0 Å². The Balaban J connectivity index is 3.21. The van der Waals surface area contributed by atoms with E-state index in [0.717, 1.165) is 0 Å². The summed E-state index contributed by atoms with van der Waals surface area (Å²) in [5.41, 5.74) is 5.33. The molecule has 1 heterocycles. The second-order valence-electron chi connectivity index (χ2n) is 2.36. The van der Waals surface area contributed by atoms with E-state index in [9.17, 15) is 4.79 Å². The molecule has 1 aromatic heterocycles. The number of H-pyrrole nitrogens is 1. The SMILES string of the molecule is COCc1nc(N)[nH]c(=O)c1OC. The molecule has 1 aromatic rings. The first-order valence-electron chi connectivity index (χ1n) is 3.60. The number of ether oxygens (including phenoxy) is 2. The Hall–Kier alpha value is -1.56. The van der Waals surface area contributed by atoms with Crippen LogP contribution < -0.4 is 16.0 Å². The van der Waals surface area contributed by atoms with Gasteiger partial charge in [0.05, 0.1) is 13.7 Å². The van der Waals surface area contributed by atoms with Gasteiger partial charge in [-0.05, 0) is 0 Å². The lowest BCUT2D eigenvalue weighted by Crippen LogP contribution is -2.16. The molecule has 0 fully saturated rings. The fourth-order valence-corrected chi connectivity index (χ4v) is 0.973.